The molecule has 1 heterocycles. The normalized spacial score (nSPS) is 21.6. The molecule has 0 spiro atoms. The third-order valence-electron chi connectivity index (χ3n) is 3.45. The number of amides is 2. The fourth-order valence-electron chi connectivity index (χ4n) is 2.19. The van der Waals surface area contributed by atoms with E-state index in [1.165, 1.54) is 0 Å². The van der Waals surface area contributed by atoms with E-state index in [9.17, 15) is 9.59 Å². The third kappa shape index (κ3) is 2.79. The fraction of sp³-hybridized carbons (Fsp3) is 0.846. The highest BCUT2D eigenvalue weighted by molar-refractivity contribution is 5.83. The first-order valence-corrected chi connectivity index (χ1v) is 6.48. The molecule has 0 atom stereocenters. The average Bonchev–Trinajstić information content (AvgIpc) is 3.10. The summed E-state index contributed by atoms with van der Waals surface area (Å²) >= 11 is 0. The molecule has 1 aliphatic carbocycles. The molecule has 4 heteroatoms. The molecule has 0 bridgehead atoms. The second-order valence-corrected chi connectivity index (χ2v) is 6.14. The van der Waals surface area contributed by atoms with E-state index < -0.39 is 0 Å². The Bertz CT molecular complexity index is 321. The smallest absolute Gasteiger partial charge is 0.228 e. The highest BCUT2D eigenvalue weighted by Crippen LogP contribution is 2.31. The fourth-order valence-corrected chi connectivity index (χ4v) is 2.19. The van der Waals surface area contributed by atoms with E-state index >= 15 is 0 Å². The predicted octanol–water partition coefficient (Wildman–Crippen LogP) is 1.11. The van der Waals surface area contributed by atoms with Crippen LogP contribution in [0.3, 0.4) is 0 Å². The summed E-state index contributed by atoms with van der Waals surface area (Å²) in [5, 5.41) is 0. The molecule has 1 aliphatic heterocycles. The van der Waals surface area contributed by atoms with Gasteiger partial charge in [0.15, 0.2) is 0 Å². The number of piperazine rings is 1. The molecule has 17 heavy (non-hydrogen) atoms. The summed E-state index contributed by atoms with van der Waals surface area (Å²) in [7, 11) is 0. The number of rotatable bonds is 1. The Morgan fingerprint density at radius 2 is 1.41 bits per heavy atom. The second kappa shape index (κ2) is 4.31. The Kier molecular flexibility index (Phi) is 3.15. The Morgan fingerprint density at radius 3 is 1.82 bits per heavy atom. The molecule has 0 aromatic carbocycles. The Hall–Kier alpha value is -1.06. The molecule has 0 aromatic heterocycles. The maximum absolute atomic E-state index is 12.1. The van der Waals surface area contributed by atoms with Crippen molar-refractivity contribution in [3.05, 3.63) is 0 Å². The van der Waals surface area contributed by atoms with Gasteiger partial charge in [-0.3, -0.25) is 9.59 Å². The summed E-state index contributed by atoms with van der Waals surface area (Å²) in [5.74, 6) is 0.781. The van der Waals surface area contributed by atoms with Crippen LogP contribution in [0, 0.1) is 11.3 Å². The summed E-state index contributed by atoms with van der Waals surface area (Å²) in [6, 6.07) is 0. The maximum Gasteiger partial charge on any atom is 0.228 e. The number of carbonyl (C=O) groups excluding carboxylic acids is 2. The highest BCUT2D eigenvalue weighted by atomic mass is 16.2. The summed E-state index contributed by atoms with van der Waals surface area (Å²) in [4.78, 5) is 27.7. The van der Waals surface area contributed by atoms with Crippen LogP contribution in [0.2, 0.25) is 0 Å². The highest BCUT2D eigenvalue weighted by Gasteiger charge is 2.36. The van der Waals surface area contributed by atoms with Crippen LogP contribution in [0.5, 0.6) is 0 Å². The molecule has 0 N–H and O–H groups in total. The SMILES string of the molecule is CC(C)(C)C(=O)N1CCN(C(=O)C2CC2)CC1. The van der Waals surface area contributed by atoms with Gasteiger partial charge in [-0.15, -0.1) is 0 Å². The molecule has 0 aromatic rings. The van der Waals surface area contributed by atoms with Crippen LogP contribution in [0.15, 0.2) is 0 Å². The average molecular weight is 238 g/mol. The van der Waals surface area contributed by atoms with E-state index in [4.69, 9.17) is 0 Å². The van der Waals surface area contributed by atoms with Crippen molar-refractivity contribution in [1.82, 2.24) is 9.80 Å². The zero-order valence-electron chi connectivity index (χ0n) is 11.0. The minimum atomic E-state index is -0.317. The topological polar surface area (TPSA) is 40.6 Å². The van der Waals surface area contributed by atoms with Gasteiger partial charge in [-0.1, -0.05) is 20.8 Å². The molecule has 1 saturated heterocycles. The monoisotopic (exact) mass is 238 g/mol. The molecule has 2 amide bonds. The third-order valence-corrected chi connectivity index (χ3v) is 3.45. The molecule has 2 aliphatic rings. The van der Waals surface area contributed by atoms with Gasteiger partial charge in [0.1, 0.15) is 0 Å². The summed E-state index contributed by atoms with van der Waals surface area (Å²) in [6.45, 7) is 8.61. The zero-order chi connectivity index (χ0) is 12.6. The van der Waals surface area contributed by atoms with E-state index in [-0.39, 0.29) is 11.3 Å². The zero-order valence-corrected chi connectivity index (χ0v) is 11.0. The van der Waals surface area contributed by atoms with E-state index in [1.807, 2.05) is 30.6 Å². The van der Waals surface area contributed by atoms with Crippen molar-refractivity contribution >= 4 is 11.8 Å². The molecular weight excluding hydrogens is 216 g/mol. The molecule has 0 radical (unpaired) electrons. The van der Waals surface area contributed by atoms with E-state index in [1.54, 1.807) is 0 Å². The molecule has 4 nitrogen and oxygen atoms in total. The minimum Gasteiger partial charge on any atom is -0.339 e. The van der Waals surface area contributed by atoms with Crippen molar-refractivity contribution in [3.8, 4) is 0 Å². The number of nitrogens with zero attached hydrogens (tertiary/aromatic N) is 2. The lowest BCUT2D eigenvalue weighted by atomic mass is 9.94. The van der Waals surface area contributed by atoms with Gasteiger partial charge < -0.3 is 9.80 Å². The standard InChI is InChI=1S/C13H22N2O2/c1-13(2,3)12(17)15-8-6-14(7-9-15)11(16)10-4-5-10/h10H,4-9H2,1-3H3. The number of hydrogen-bond acceptors (Lipinski definition) is 2. The molecule has 2 rings (SSSR count). The quantitative estimate of drug-likeness (QED) is 0.686. The van der Waals surface area contributed by atoms with E-state index in [2.05, 4.69) is 0 Å². The minimum absolute atomic E-state index is 0.191. The molecule has 96 valence electrons. The van der Waals surface area contributed by atoms with Crippen molar-refractivity contribution < 1.29 is 9.59 Å². The van der Waals surface area contributed by atoms with Crippen molar-refractivity contribution in [2.75, 3.05) is 26.2 Å². The molecular formula is C13H22N2O2. The first kappa shape index (κ1) is 12.4. The lowest BCUT2D eigenvalue weighted by Crippen LogP contribution is -2.53. The summed E-state index contributed by atoms with van der Waals surface area (Å²) in [5.41, 5.74) is -0.317. The van der Waals surface area contributed by atoms with Gasteiger partial charge in [-0.25, -0.2) is 0 Å². The van der Waals surface area contributed by atoms with Crippen LogP contribution in [0.1, 0.15) is 33.6 Å². The van der Waals surface area contributed by atoms with Crippen LogP contribution in [0.4, 0.5) is 0 Å². The van der Waals surface area contributed by atoms with Crippen LogP contribution in [-0.2, 0) is 9.59 Å². The van der Waals surface area contributed by atoms with Crippen molar-refractivity contribution in [2.24, 2.45) is 11.3 Å². The summed E-state index contributed by atoms with van der Waals surface area (Å²) in [6.07, 6.45) is 2.11. The van der Waals surface area contributed by atoms with Crippen LogP contribution >= 0.6 is 0 Å². The van der Waals surface area contributed by atoms with Gasteiger partial charge in [-0.05, 0) is 12.8 Å². The van der Waals surface area contributed by atoms with Crippen molar-refractivity contribution in [3.63, 3.8) is 0 Å². The Balaban J connectivity index is 1.85. The van der Waals surface area contributed by atoms with Crippen LogP contribution < -0.4 is 0 Å². The molecule has 2 fully saturated rings. The lowest BCUT2D eigenvalue weighted by molar-refractivity contribution is -0.145. The molecule has 0 unspecified atom stereocenters. The Morgan fingerprint density at radius 1 is 0.941 bits per heavy atom. The molecule has 1 saturated carbocycles. The van der Waals surface area contributed by atoms with Gasteiger partial charge in [0, 0.05) is 37.5 Å². The van der Waals surface area contributed by atoms with Gasteiger partial charge in [-0.2, -0.15) is 0 Å². The maximum atomic E-state index is 12.1. The second-order valence-electron chi connectivity index (χ2n) is 6.14. The van der Waals surface area contributed by atoms with Gasteiger partial charge in [0.2, 0.25) is 11.8 Å². The van der Waals surface area contributed by atoms with Crippen LogP contribution in [0.25, 0.3) is 0 Å². The van der Waals surface area contributed by atoms with E-state index in [0.29, 0.717) is 38.0 Å². The largest absolute Gasteiger partial charge is 0.339 e. The van der Waals surface area contributed by atoms with E-state index in [0.717, 1.165) is 12.8 Å². The first-order valence-electron chi connectivity index (χ1n) is 6.48. The van der Waals surface area contributed by atoms with Crippen LogP contribution in [-0.4, -0.2) is 47.8 Å². The van der Waals surface area contributed by atoms with Gasteiger partial charge >= 0.3 is 0 Å². The Labute approximate surface area is 103 Å². The van der Waals surface area contributed by atoms with Crippen molar-refractivity contribution in [2.45, 2.75) is 33.6 Å². The van der Waals surface area contributed by atoms with Gasteiger partial charge in [0.05, 0.1) is 0 Å². The summed E-state index contributed by atoms with van der Waals surface area (Å²) < 4.78 is 0. The number of carbonyl (C=O) groups is 2. The first-order chi connectivity index (χ1) is 7.89. The number of hydrogen-bond donors (Lipinski definition) is 0. The predicted molar refractivity (Wildman–Crippen MR) is 65.3 cm³/mol. The van der Waals surface area contributed by atoms with Crippen molar-refractivity contribution in [1.29, 1.82) is 0 Å². The van der Waals surface area contributed by atoms with Gasteiger partial charge in [0.25, 0.3) is 0 Å². The lowest BCUT2D eigenvalue weighted by Gasteiger charge is -2.37.